The predicted molar refractivity (Wildman–Crippen MR) is 91.5 cm³/mol. The van der Waals surface area contributed by atoms with Gasteiger partial charge in [0, 0.05) is 22.4 Å². The van der Waals surface area contributed by atoms with Crippen LogP contribution in [0.15, 0.2) is 53.0 Å². The van der Waals surface area contributed by atoms with Crippen molar-refractivity contribution in [1.29, 1.82) is 0 Å². The van der Waals surface area contributed by atoms with Gasteiger partial charge in [0.1, 0.15) is 0 Å². The van der Waals surface area contributed by atoms with E-state index in [1.54, 1.807) is 0 Å². The van der Waals surface area contributed by atoms with Gasteiger partial charge in [-0.15, -0.1) is 0 Å². The van der Waals surface area contributed by atoms with E-state index in [9.17, 15) is 4.79 Å². The number of anilines is 3. The number of carbonyl (C=O) groups excluding carboxylic acids is 1. The molecule has 0 atom stereocenters. The third-order valence-corrected chi connectivity index (χ3v) is 3.81. The summed E-state index contributed by atoms with van der Waals surface area (Å²) < 4.78 is 0.869. The SMILES string of the molecule is CCN(CC(=O)Nc1ccccc1Br)c1ccc(N)cc1. The van der Waals surface area contributed by atoms with E-state index >= 15 is 0 Å². The number of nitrogen functional groups attached to an aromatic ring is 1. The molecule has 0 saturated carbocycles. The van der Waals surface area contributed by atoms with Crippen LogP contribution in [0.25, 0.3) is 0 Å². The summed E-state index contributed by atoms with van der Waals surface area (Å²) in [7, 11) is 0. The average molecular weight is 348 g/mol. The minimum atomic E-state index is -0.0550. The van der Waals surface area contributed by atoms with Crippen LogP contribution in [0, 0.1) is 0 Å². The largest absolute Gasteiger partial charge is 0.399 e. The predicted octanol–water partition coefficient (Wildman–Crippen LogP) is 3.50. The molecule has 0 bridgehead atoms. The van der Waals surface area contributed by atoms with Crippen LogP contribution in [0.1, 0.15) is 6.92 Å². The van der Waals surface area contributed by atoms with Crippen LogP contribution in [0.3, 0.4) is 0 Å². The molecular formula is C16H18BrN3O. The molecule has 0 aliphatic rings. The normalized spacial score (nSPS) is 10.2. The Morgan fingerprint density at radius 2 is 1.86 bits per heavy atom. The van der Waals surface area contributed by atoms with Crippen molar-refractivity contribution in [1.82, 2.24) is 0 Å². The summed E-state index contributed by atoms with van der Waals surface area (Å²) in [5, 5.41) is 2.90. The fraction of sp³-hybridized carbons (Fsp3) is 0.188. The van der Waals surface area contributed by atoms with Crippen LogP contribution in [0.4, 0.5) is 17.1 Å². The molecule has 0 unspecified atom stereocenters. The maximum atomic E-state index is 12.2. The van der Waals surface area contributed by atoms with Gasteiger partial charge in [-0.2, -0.15) is 0 Å². The summed E-state index contributed by atoms with van der Waals surface area (Å²) in [6.45, 7) is 3.05. The number of nitrogens with one attached hydrogen (secondary N) is 1. The minimum absolute atomic E-state index is 0.0550. The van der Waals surface area contributed by atoms with E-state index < -0.39 is 0 Å². The van der Waals surface area contributed by atoms with Crippen LogP contribution in [-0.2, 0) is 4.79 Å². The first-order valence-corrected chi connectivity index (χ1v) is 7.54. The first kappa shape index (κ1) is 15.4. The summed E-state index contributed by atoms with van der Waals surface area (Å²) in [4.78, 5) is 14.2. The van der Waals surface area contributed by atoms with Gasteiger partial charge in [0.15, 0.2) is 0 Å². The van der Waals surface area contributed by atoms with Gasteiger partial charge in [-0.3, -0.25) is 4.79 Å². The standard InChI is InChI=1S/C16H18BrN3O/c1-2-20(13-9-7-12(18)8-10-13)11-16(21)19-15-6-4-3-5-14(15)17/h3-10H,2,11,18H2,1H3,(H,19,21). The van der Waals surface area contributed by atoms with E-state index in [0.717, 1.165) is 22.4 Å². The van der Waals surface area contributed by atoms with Gasteiger partial charge in [-0.1, -0.05) is 12.1 Å². The topological polar surface area (TPSA) is 58.4 Å². The Morgan fingerprint density at radius 1 is 1.19 bits per heavy atom. The van der Waals surface area contributed by atoms with Crippen LogP contribution >= 0.6 is 15.9 Å². The number of para-hydroxylation sites is 1. The number of amides is 1. The van der Waals surface area contributed by atoms with Gasteiger partial charge in [0.25, 0.3) is 0 Å². The van der Waals surface area contributed by atoms with Crippen molar-refractivity contribution in [3.8, 4) is 0 Å². The van der Waals surface area contributed by atoms with Crippen molar-refractivity contribution in [2.75, 3.05) is 29.0 Å². The number of hydrogen-bond donors (Lipinski definition) is 2. The molecule has 110 valence electrons. The van der Waals surface area contributed by atoms with E-state index in [2.05, 4.69) is 21.2 Å². The Kier molecular flexibility index (Phi) is 5.22. The molecule has 0 spiro atoms. The zero-order valence-electron chi connectivity index (χ0n) is 11.8. The molecule has 3 N–H and O–H groups in total. The third-order valence-electron chi connectivity index (χ3n) is 3.12. The first-order chi connectivity index (χ1) is 10.1. The molecule has 2 aromatic rings. The second-order valence-corrected chi connectivity index (χ2v) is 5.49. The fourth-order valence-electron chi connectivity index (χ4n) is 2.00. The molecule has 1 amide bonds. The lowest BCUT2D eigenvalue weighted by Gasteiger charge is -2.22. The van der Waals surface area contributed by atoms with E-state index in [4.69, 9.17) is 5.73 Å². The summed E-state index contributed by atoms with van der Waals surface area (Å²) >= 11 is 3.42. The van der Waals surface area contributed by atoms with Crippen molar-refractivity contribution in [3.05, 3.63) is 53.0 Å². The maximum Gasteiger partial charge on any atom is 0.243 e. The van der Waals surface area contributed by atoms with Crippen molar-refractivity contribution in [2.24, 2.45) is 0 Å². The van der Waals surface area contributed by atoms with Gasteiger partial charge < -0.3 is 16.0 Å². The zero-order chi connectivity index (χ0) is 15.2. The molecule has 2 rings (SSSR count). The van der Waals surface area contributed by atoms with Gasteiger partial charge >= 0.3 is 0 Å². The van der Waals surface area contributed by atoms with Crippen LogP contribution in [0.2, 0.25) is 0 Å². The Bertz CT molecular complexity index is 613. The molecule has 0 saturated heterocycles. The molecule has 4 nitrogen and oxygen atoms in total. The molecule has 0 fully saturated rings. The van der Waals surface area contributed by atoms with E-state index in [-0.39, 0.29) is 5.91 Å². The van der Waals surface area contributed by atoms with E-state index in [1.165, 1.54) is 0 Å². The molecule has 0 aliphatic heterocycles. The highest BCUT2D eigenvalue weighted by molar-refractivity contribution is 9.10. The number of benzene rings is 2. The van der Waals surface area contributed by atoms with Crippen molar-refractivity contribution in [3.63, 3.8) is 0 Å². The molecule has 21 heavy (non-hydrogen) atoms. The highest BCUT2D eigenvalue weighted by atomic mass is 79.9. The van der Waals surface area contributed by atoms with Crippen LogP contribution in [0.5, 0.6) is 0 Å². The third kappa shape index (κ3) is 4.23. The maximum absolute atomic E-state index is 12.2. The Morgan fingerprint density at radius 3 is 2.48 bits per heavy atom. The number of halogens is 1. The monoisotopic (exact) mass is 347 g/mol. The van der Waals surface area contributed by atoms with Gasteiger partial charge in [0.2, 0.25) is 5.91 Å². The second-order valence-electron chi connectivity index (χ2n) is 4.63. The van der Waals surface area contributed by atoms with Gasteiger partial charge in [-0.05, 0) is 59.3 Å². The van der Waals surface area contributed by atoms with Crippen molar-refractivity contribution < 1.29 is 4.79 Å². The average Bonchev–Trinajstić information content (AvgIpc) is 2.48. The zero-order valence-corrected chi connectivity index (χ0v) is 13.4. The number of nitrogens with zero attached hydrogens (tertiary/aromatic N) is 1. The van der Waals surface area contributed by atoms with Crippen LogP contribution < -0.4 is 16.0 Å². The highest BCUT2D eigenvalue weighted by Crippen LogP contribution is 2.21. The van der Waals surface area contributed by atoms with E-state index in [1.807, 2.05) is 60.4 Å². The lowest BCUT2D eigenvalue weighted by molar-refractivity contribution is -0.115. The second kappa shape index (κ2) is 7.13. The summed E-state index contributed by atoms with van der Waals surface area (Å²) in [5.41, 5.74) is 8.16. The number of hydrogen-bond acceptors (Lipinski definition) is 3. The minimum Gasteiger partial charge on any atom is -0.399 e. The highest BCUT2D eigenvalue weighted by Gasteiger charge is 2.11. The van der Waals surface area contributed by atoms with E-state index in [0.29, 0.717) is 12.2 Å². The molecule has 2 aromatic carbocycles. The lowest BCUT2D eigenvalue weighted by atomic mass is 10.2. The lowest BCUT2D eigenvalue weighted by Crippen LogP contribution is -2.33. The molecular weight excluding hydrogens is 330 g/mol. The first-order valence-electron chi connectivity index (χ1n) is 6.75. The smallest absolute Gasteiger partial charge is 0.243 e. The Labute approximate surface area is 133 Å². The molecule has 0 radical (unpaired) electrons. The summed E-state index contributed by atoms with van der Waals surface area (Å²) in [6, 6.07) is 15.1. The quantitative estimate of drug-likeness (QED) is 0.813. The number of likely N-dealkylation sites (N-methyl/N-ethyl adjacent to an activating group) is 1. The summed E-state index contributed by atoms with van der Waals surface area (Å²) in [5.74, 6) is -0.0550. The molecule has 0 aliphatic carbocycles. The Hall–Kier alpha value is -2.01. The van der Waals surface area contributed by atoms with Gasteiger partial charge in [-0.25, -0.2) is 0 Å². The van der Waals surface area contributed by atoms with Crippen molar-refractivity contribution >= 4 is 38.9 Å². The van der Waals surface area contributed by atoms with Crippen molar-refractivity contribution in [2.45, 2.75) is 6.92 Å². The number of rotatable bonds is 5. The van der Waals surface area contributed by atoms with Crippen LogP contribution in [-0.4, -0.2) is 19.0 Å². The fourth-order valence-corrected chi connectivity index (χ4v) is 2.38. The summed E-state index contributed by atoms with van der Waals surface area (Å²) in [6.07, 6.45) is 0. The van der Waals surface area contributed by atoms with Gasteiger partial charge in [0.05, 0.1) is 12.2 Å². The molecule has 0 heterocycles. The Balaban J connectivity index is 2.03. The molecule has 0 aromatic heterocycles. The number of carbonyl (C=O) groups is 1. The number of nitrogens with two attached hydrogens (primary N) is 1. The molecule has 5 heteroatoms.